The van der Waals surface area contributed by atoms with Crippen LogP contribution in [0, 0.1) is 11.3 Å². The zero-order valence-electron chi connectivity index (χ0n) is 23.9. The van der Waals surface area contributed by atoms with Gasteiger partial charge in [0.2, 0.25) is 5.91 Å². The van der Waals surface area contributed by atoms with E-state index < -0.39 is 11.9 Å². The minimum absolute atomic E-state index is 0.00485. The van der Waals surface area contributed by atoms with E-state index >= 15 is 0 Å². The van der Waals surface area contributed by atoms with Crippen molar-refractivity contribution in [2.45, 2.75) is 39.2 Å². The molecule has 0 aliphatic carbocycles. The van der Waals surface area contributed by atoms with Gasteiger partial charge in [-0.2, -0.15) is 5.26 Å². The molecule has 1 aliphatic heterocycles. The number of rotatable bonds is 15. The summed E-state index contributed by atoms with van der Waals surface area (Å²) >= 11 is 0. The van der Waals surface area contributed by atoms with Crippen molar-refractivity contribution in [3.05, 3.63) is 30.0 Å². The smallest absolute Gasteiger partial charge is 0.325 e. The summed E-state index contributed by atoms with van der Waals surface area (Å²) < 4.78 is 35.3. The summed E-state index contributed by atoms with van der Waals surface area (Å²) in [5.41, 5.74) is 7.16. The molecule has 0 aromatic carbocycles. The molecule has 15 heteroatoms. The van der Waals surface area contributed by atoms with Crippen LogP contribution < -0.4 is 32.0 Å². The van der Waals surface area contributed by atoms with Gasteiger partial charge in [-0.05, 0) is 25.0 Å². The van der Waals surface area contributed by atoms with E-state index in [2.05, 4.69) is 39.8 Å². The third kappa shape index (κ3) is 12.5. The van der Waals surface area contributed by atoms with Crippen LogP contribution >= 0.6 is 0 Å². The Labute approximate surface area is 244 Å². The third-order valence-electron chi connectivity index (χ3n) is 5.38. The molecule has 1 amide bonds. The van der Waals surface area contributed by atoms with E-state index in [-0.39, 0.29) is 57.1 Å². The van der Waals surface area contributed by atoms with E-state index in [1.165, 1.54) is 18.7 Å². The quantitative estimate of drug-likeness (QED) is 0.115. The Kier molecular flexibility index (Phi) is 16.0. The van der Waals surface area contributed by atoms with E-state index in [9.17, 15) is 14.1 Å². The van der Waals surface area contributed by atoms with Gasteiger partial charge in [0.25, 0.3) is 0 Å². The van der Waals surface area contributed by atoms with Crippen molar-refractivity contribution in [1.29, 1.82) is 5.26 Å². The van der Waals surface area contributed by atoms with Crippen molar-refractivity contribution in [3.8, 4) is 11.8 Å². The van der Waals surface area contributed by atoms with Crippen LogP contribution in [0.25, 0.3) is 0 Å². The summed E-state index contributed by atoms with van der Waals surface area (Å²) in [5.74, 6) is 0.164. The number of nitrogens with one attached hydrogen (secondary N) is 4. The molecule has 1 fully saturated rings. The first kappa shape index (κ1) is 33.9. The summed E-state index contributed by atoms with van der Waals surface area (Å²) in [6, 6.07) is 6.70. The second-order valence-electron chi connectivity index (χ2n) is 8.89. The Morgan fingerprint density at radius 2 is 1.90 bits per heavy atom. The number of nitriles is 1. The fourth-order valence-electron chi connectivity index (χ4n) is 3.39. The summed E-state index contributed by atoms with van der Waals surface area (Å²) in [6.45, 7) is 5.36. The molecule has 1 aliphatic rings. The van der Waals surface area contributed by atoms with Crippen LogP contribution in [0.3, 0.4) is 0 Å². The zero-order chi connectivity index (χ0) is 30.6. The van der Waals surface area contributed by atoms with Gasteiger partial charge in [0.1, 0.15) is 37.3 Å². The molecule has 2 aromatic heterocycles. The van der Waals surface area contributed by atoms with Crippen LogP contribution in [-0.2, 0) is 23.8 Å². The standard InChI is InChI=1S/C24H31FN8O6.C3H8/c25-33-18-11-19(38-9-7-37-8-10-39-22(35)15-29-21(34)13-27)24(30-17-3-5-36-6-4-17)32-23(18)31-20-2-1-16(12-26)14-28-20;1-3-2/h1-2,11,14,17,33H,3-10,13,15,27H2,(H,29,34)(H2,28,30,31,32);3H2,1-2H3. The first-order valence-electron chi connectivity index (χ1n) is 13.7. The minimum atomic E-state index is -0.609. The highest BCUT2D eigenvalue weighted by molar-refractivity contribution is 5.83. The number of carbonyl (C=O) groups is 2. The van der Waals surface area contributed by atoms with Gasteiger partial charge in [-0.15, -0.1) is 4.48 Å². The molecule has 2 aromatic rings. The lowest BCUT2D eigenvalue weighted by Crippen LogP contribution is -2.35. The van der Waals surface area contributed by atoms with Crippen LogP contribution in [0.4, 0.5) is 27.6 Å². The normalized spacial score (nSPS) is 12.6. The average Bonchev–Trinajstić information content (AvgIpc) is 3.01. The maximum Gasteiger partial charge on any atom is 0.325 e. The SMILES string of the molecule is CCC.N#Cc1ccc(Nc2nc(NC3CCOCC3)c(OCCOCCOC(=O)CNC(=O)CN)cc2NF)nc1. The topological polar surface area (TPSA) is 195 Å². The van der Waals surface area contributed by atoms with Crippen molar-refractivity contribution in [1.82, 2.24) is 15.3 Å². The van der Waals surface area contributed by atoms with Gasteiger partial charge in [-0.1, -0.05) is 20.3 Å². The Morgan fingerprint density at radius 3 is 2.55 bits per heavy atom. The van der Waals surface area contributed by atoms with Crippen molar-refractivity contribution < 1.29 is 33.0 Å². The summed E-state index contributed by atoms with van der Waals surface area (Å²) in [4.78, 5) is 31.2. The van der Waals surface area contributed by atoms with Crippen molar-refractivity contribution in [2.24, 2.45) is 5.73 Å². The highest BCUT2D eigenvalue weighted by Gasteiger charge is 2.19. The molecular weight excluding hydrogens is 551 g/mol. The number of pyridine rings is 2. The number of aromatic nitrogens is 2. The second kappa shape index (κ2) is 19.8. The number of hydrogen-bond acceptors (Lipinski definition) is 13. The van der Waals surface area contributed by atoms with Crippen LogP contribution in [0.15, 0.2) is 24.4 Å². The lowest BCUT2D eigenvalue weighted by atomic mass is 10.1. The summed E-state index contributed by atoms with van der Waals surface area (Å²) in [7, 11) is 0. The average molecular weight is 591 g/mol. The Hall–Kier alpha value is -4.26. The predicted molar refractivity (Wildman–Crippen MR) is 154 cm³/mol. The molecule has 0 atom stereocenters. The molecule has 0 bridgehead atoms. The number of halogens is 1. The largest absolute Gasteiger partial charge is 0.487 e. The number of ether oxygens (including phenoxy) is 4. The number of amides is 1. The van der Waals surface area contributed by atoms with Crippen LogP contribution in [0.5, 0.6) is 5.75 Å². The first-order valence-corrected chi connectivity index (χ1v) is 13.7. The number of hydrogen-bond donors (Lipinski definition) is 5. The molecule has 1 saturated heterocycles. The minimum Gasteiger partial charge on any atom is -0.487 e. The molecule has 0 saturated carbocycles. The van der Waals surface area contributed by atoms with Gasteiger partial charge in [0.05, 0.1) is 25.3 Å². The number of nitrogens with two attached hydrogens (primary N) is 1. The van der Waals surface area contributed by atoms with Crippen LogP contribution in [-0.4, -0.2) is 80.6 Å². The van der Waals surface area contributed by atoms with Gasteiger partial charge in [-0.25, -0.2) is 15.5 Å². The van der Waals surface area contributed by atoms with Gasteiger partial charge in [0, 0.05) is 31.5 Å². The molecule has 42 heavy (non-hydrogen) atoms. The maximum atomic E-state index is 13.7. The molecule has 230 valence electrons. The molecule has 3 rings (SSSR count). The molecule has 14 nitrogen and oxygen atoms in total. The summed E-state index contributed by atoms with van der Waals surface area (Å²) in [6.07, 6.45) is 4.17. The predicted octanol–water partition coefficient (Wildman–Crippen LogP) is 2.41. The number of nitrogens with zero attached hydrogens (tertiary/aromatic N) is 3. The lowest BCUT2D eigenvalue weighted by molar-refractivity contribution is -0.145. The first-order chi connectivity index (χ1) is 20.4. The van der Waals surface area contributed by atoms with Gasteiger partial charge in [-0.3, -0.25) is 9.59 Å². The molecule has 3 heterocycles. The van der Waals surface area contributed by atoms with Crippen molar-refractivity contribution >= 4 is 35.0 Å². The molecule has 0 radical (unpaired) electrons. The van der Waals surface area contributed by atoms with Gasteiger partial charge < -0.3 is 40.6 Å². The number of esters is 1. The van der Waals surface area contributed by atoms with E-state index in [0.29, 0.717) is 36.2 Å². The number of anilines is 4. The monoisotopic (exact) mass is 590 g/mol. The Morgan fingerprint density at radius 1 is 1.17 bits per heavy atom. The highest BCUT2D eigenvalue weighted by atomic mass is 19.2. The van der Waals surface area contributed by atoms with Gasteiger partial charge in [0.15, 0.2) is 17.4 Å². The van der Waals surface area contributed by atoms with E-state index in [4.69, 9.17) is 29.9 Å². The van der Waals surface area contributed by atoms with Crippen LogP contribution in [0.1, 0.15) is 38.7 Å². The molecule has 0 unspecified atom stereocenters. The van der Waals surface area contributed by atoms with Gasteiger partial charge >= 0.3 is 5.97 Å². The molecule has 6 N–H and O–H groups in total. The second-order valence-corrected chi connectivity index (χ2v) is 8.89. The fourth-order valence-corrected chi connectivity index (χ4v) is 3.39. The lowest BCUT2D eigenvalue weighted by Gasteiger charge is -2.25. The highest BCUT2D eigenvalue weighted by Crippen LogP contribution is 2.34. The maximum absolute atomic E-state index is 13.7. The number of carbonyl (C=O) groups excluding carboxylic acids is 2. The van der Waals surface area contributed by atoms with E-state index in [1.54, 1.807) is 17.7 Å². The Balaban J connectivity index is 0.00000197. The Bertz CT molecular complexity index is 1140. The van der Waals surface area contributed by atoms with E-state index in [1.807, 2.05) is 6.07 Å². The third-order valence-corrected chi connectivity index (χ3v) is 5.38. The molecular formula is C27H39FN8O6. The fraction of sp³-hybridized carbons (Fsp3) is 0.519. The molecule has 0 spiro atoms. The van der Waals surface area contributed by atoms with Crippen molar-refractivity contribution in [3.63, 3.8) is 0 Å². The summed E-state index contributed by atoms with van der Waals surface area (Å²) in [5, 5.41) is 17.6. The van der Waals surface area contributed by atoms with E-state index in [0.717, 1.165) is 12.8 Å². The van der Waals surface area contributed by atoms with Crippen LogP contribution in [0.2, 0.25) is 0 Å². The van der Waals surface area contributed by atoms with Crippen molar-refractivity contribution in [2.75, 3.05) is 68.9 Å². The zero-order valence-corrected chi connectivity index (χ0v) is 23.9.